The number of aliphatic imine (C=N–C) groups is 1. The fourth-order valence-corrected chi connectivity index (χ4v) is 4.45. The van der Waals surface area contributed by atoms with E-state index in [4.69, 9.17) is 0 Å². The molecule has 2 N–H and O–H groups in total. The fraction of sp³-hybridized carbons (Fsp3) is 0.429. The van der Waals surface area contributed by atoms with Crippen LogP contribution in [0.1, 0.15) is 30.9 Å². The third kappa shape index (κ3) is 5.63. The average molecular weight is 385 g/mol. The molecule has 0 spiro atoms. The maximum absolute atomic E-state index is 11.8. The number of thioether (sulfide) groups is 1. The molecule has 0 aliphatic carbocycles. The van der Waals surface area contributed by atoms with E-state index in [-0.39, 0.29) is 5.56 Å². The van der Waals surface area contributed by atoms with Crippen LogP contribution >= 0.6 is 11.8 Å². The van der Waals surface area contributed by atoms with Crippen LogP contribution in [0.25, 0.3) is 0 Å². The van der Waals surface area contributed by atoms with Gasteiger partial charge in [-0.1, -0.05) is 30.3 Å². The lowest BCUT2D eigenvalue weighted by Crippen LogP contribution is -2.43. The molecule has 0 radical (unpaired) electrons. The van der Waals surface area contributed by atoms with Crippen LogP contribution < -0.4 is 16.2 Å². The van der Waals surface area contributed by atoms with Gasteiger partial charge in [0.05, 0.1) is 6.54 Å². The summed E-state index contributed by atoms with van der Waals surface area (Å²) in [5.41, 5.74) is 2.32. The summed E-state index contributed by atoms with van der Waals surface area (Å²) in [7, 11) is 1.81. The summed E-state index contributed by atoms with van der Waals surface area (Å²) in [4.78, 5) is 16.1. The summed E-state index contributed by atoms with van der Waals surface area (Å²) in [6, 6.07) is 13.6. The van der Waals surface area contributed by atoms with Crippen molar-refractivity contribution in [1.29, 1.82) is 0 Å². The Morgan fingerprint density at radius 1 is 1.19 bits per heavy atom. The van der Waals surface area contributed by atoms with E-state index < -0.39 is 0 Å². The van der Waals surface area contributed by atoms with Gasteiger partial charge in [0.1, 0.15) is 0 Å². The van der Waals surface area contributed by atoms with Crippen molar-refractivity contribution in [2.45, 2.75) is 37.6 Å². The van der Waals surface area contributed by atoms with Crippen molar-refractivity contribution < 1.29 is 0 Å². The molecule has 144 valence electrons. The van der Waals surface area contributed by atoms with E-state index in [0.717, 1.165) is 24.6 Å². The minimum Gasteiger partial charge on any atom is -0.355 e. The van der Waals surface area contributed by atoms with Crippen molar-refractivity contribution in [3.8, 4) is 0 Å². The van der Waals surface area contributed by atoms with Gasteiger partial charge in [0.15, 0.2) is 5.96 Å². The molecule has 1 saturated heterocycles. The highest BCUT2D eigenvalue weighted by molar-refractivity contribution is 8.00. The Bertz CT molecular complexity index is 823. The first-order valence-corrected chi connectivity index (χ1v) is 10.4. The van der Waals surface area contributed by atoms with Gasteiger partial charge < -0.3 is 15.2 Å². The Morgan fingerprint density at radius 3 is 2.63 bits per heavy atom. The van der Waals surface area contributed by atoms with Crippen LogP contribution in [0.2, 0.25) is 0 Å². The predicted octanol–water partition coefficient (Wildman–Crippen LogP) is 2.85. The molecule has 1 aliphatic heterocycles. The molecule has 1 aromatic carbocycles. The van der Waals surface area contributed by atoms with E-state index in [1.54, 1.807) is 23.7 Å². The molecule has 1 fully saturated rings. The van der Waals surface area contributed by atoms with Crippen molar-refractivity contribution in [1.82, 2.24) is 15.2 Å². The third-order valence-electron chi connectivity index (χ3n) is 4.89. The van der Waals surface area contributed by atoms with Gasteiger partial charge in [-0.05, 0) is 42.7 Å². The number of benzene rings is 1. The van der Waals surface area contributed by atoms with Gasteiger partial charge in [-0.25, -0.2) is 0 Å². The van der Waals surface area contributed by atoms with Crippen molar-refractivity contribution in [3.05, 3.63) is 70.1 Å². The summed E-state index contributed by atoms with van der Waals surface area (Å²) in [6.07, 6.45) is 4.38. The second-order valence-corrected chi connectivity index (χ2v) is 8.85. The molecule has 27 heavy (non-hydrogen) atoms. The summed E-state index contributed by atoms with van der Waals surface area (Å²) in [6.45, 7) is 4.56. The summed E-state index contributed by atoms with van der Waals surface area (Å²) in [5.74, 6) is 2.09. The van der Waals surface area contributed by atoms with Crippen LogP contribution in [0.3, 0.4) is 0 Å². The second kappa shape index (κ2) is 9.13. The molecule has 3 rings (SSSR count). The SMILES string of the molecule is CN=C(NCc1ccc(Cn2ccccc2=O)cc1)NCC1(C)CCCS1. The van der Waals surface area contributed by atoms with Gasteiger partial charge in [0.25, 0.3) is 5.56 Å². The normalized spacial score (nSPS) is 19.9. The second-order valence-electron chi connectivity index (χ2n) is 7.16. The minimum atomic E-state index is 0.0206. The van der Waals surface area contributed by atoms with E-state index in [1.165, 1.54) is 24.2 Å². The first kappa shape index (κ1) is 19.5. The Morgan fingerprint density at radius 2 is 1.96 bits per heavy atom. The quantitative estimate of drug-likeness (QED) is 0.594. The number of nitrogens with zero attached hydrogens (tertiary/aromatic N) is 2. The lowest BCUT2D eigenvalue weighted by atomic mass is 10.1. The Labute approximate surface area is 165 Å². The van der Waals surface area contributed by atoms with Gasteiger partial charge in [-0.3, -0.25) is 9.79 Å². The highest BCUT2D eigenvalue weighted by Crippen LogP contribution is 2.36. The zero-order valence-corrected chi connectivity index (χ0v) is 16.9. The number of hydrogen-bond donors (Lipinski definition) is 2. The Balaban J connectivity index is 1.50. The molecule has 6 heteroatoms. The van der Waals surface area contributed by atoms with Crippen LogP contribution in [-0.4, -0.2) is 34.6 Å². The predicted molar refractivity (Wildman–Crippen MR) is 115 cm³/mol. The van der Waals surface area contributed by atoms with E-state index in [9.17, 15) is 4.79 Å². The standard InChI is InChI=1S/C21H28N4OS/c1-21(11-5-13-27-21)16-24-20(22-2)23-14-17-7-9-18(10-8-17)15-25-12-4-3-6-19(25)26/h3-4,6-10,12H,5,11,13-16H2,1-2H3,(H2,22,23,24). The van der Waals surface area contributed by atoms with E-state index in [2.05, 4.69) is 46.8 Å². The summed E-state index contributed by atoms with van der Waals surface area (Å²) < 4.78 is 2.02. The number of pyridine rings is 1. The van der Waals surface area contributed by atoms with Crippen molar-refractivity contribution >= 4 is 17.7 Å². The Hall–Kier alpha value is -2.21. The summed E-state index contributed by atoms with van der Waals surface area (Å²) >= 11 is 2.05. The van der Waals surface area contributed by atoms with Crippen molar-refractivity contribution in [2.75, 3.05) is 19.3 Å². The number of hydrogen-bond acceptors (Lipinski definition) is 3. The van der Waals surface area contributed by atoms with Crippen LogP contribution in [0.5, 0.6) is 0 Å². The van der Waals surface area contributed by atoms with Gasteiger partial charge in [0, 0.05) is 37.1 Å². The molecule has 0 amide bonds. The molecule has 2 aromatic rings. The minimum absolute atomic E-state index is 0.0206. The lowest BCUT2D eigenvalue weighted by molar-refractivity contribution is 0.584. The molecule has 2 heterocycles. The monoisotopic (exact) mass is 384 g/mol. The number of nitrogens with one attached hydrogen (secondary N) is 2. The Kier molecular flexibility index (Phi) is 6.61. The van der Waals surface area contributed by atoms with Crippen LogP contribution in [0.4, 0.5) is 0 Å². The van der Waals surface area contributed by atoms with Crippen LogP contribution in [-0.2, 0) is 13.1 Å². The molecular weight excluding hydrogens is 356 g/mol. The molecular formula is C21H28N4OS. The fourth-order valence-electron chi connectivity index (χ4n) is 3.20. The van der Waals surface area contributed by atoms with Crippen LogP contribution in [0, 0.1) is 0 Å². The largest absolute Gasteiger partial charge is 0.355 e. The number of aromatic nitrogens is 1. The van der Waals surface area contributed by atoms with Crippen molar-refractivity contribution in [3.63, 3.8) is 0 Å². The molecule has 0 saturated carbocycles. The molecule has 5 nitrogen and oxygen atoms in total. The van der Waals surface area contributed by atoms with E-state index >= 15 is 0 Å². The molecule has 1 aromatic heterocycles. The zero-order valence-electron chi connectivity index (χ0n) is 16.1. The van der Waals surface area contributed by atoms with Gasteiger partial charge in [-0.15, -0.1) is 0 Å². The van der Waals surface area contributed by atoms with Gasteiger partial charge in [0.2, 0.25) is 0 Å². The first-order chi connectivity index (χ1) is 13.1. The topological polar surface area (TPSA) is 58.4 Å². The lowest BCUT2D eigenvalue weighted by Gasteiger charge is -2.24. The van der Waals surface area contributed by atoms with Gasteiger partial charge >= 0.3 is 0 Å². The number of guanidine groups is 1. The molecule has 1 atom stereocenters. The average Bonchev–Trinajstić information content (AvgIpc) is 3.12. The van der Waals surface area contributed by atoms with Crippen LogP contribution in [0.15, 0.2) is 58.4 Å². The molecule has 1 unspecified atom stereocenters. The maximum atomic E-state index is 11.8. The van der Waals surface area contributed by atoms with Gasteiger partial charge in [-0.2, -0.15) is 11.8 Å². The maximum Gasteiger partial charge on any atom is 0.250 e. The highest BCUT2D eigenvalue weighted by atomic mass is 32.2. The molecule has 0 bridgehead atoms. The first-order valence-electron chi connectivity index (χ1n) is 9.40. The van der Waals surface area contributed by atoms with E-state index in [1.807, 2.05) is 24.0 Å². The smallest absolute Gasteiger partial charge is 0.250 e. The summed E-state index contributed by atoms with van der Waals surface area (Å²) in [5, 5.41) is 6.83. The number of rotatable bonds is 6. The zero-order chi connectivity index (χ0) is 19.1. The van der Waals surface area contributed by atoms with E-state index in [0.29, 0.717) is 11.3 Å². The third-order valence-corrected chi connectivity index (χ3v) is 6.43. The highest BCUT2D eigenvalue weighted by Gasteiger charge is 2.29. The molecule has 1 aliphatic rings. The van der Waals surface area contributed by atoms with Crippen molar-refractivity contribution in [2.24, 2.45) is 4.99 Å².